The highest BCUT2D eigenvalue weighted by Gasteiger charge is 2.14. The van der Waals surface area contributed by atoms with Crippen LogP contribution in [0, 0.1) is 13.8 Å². The summed E-state index contributed by atoms with van der Waals surface area (Å²) in [6.07, 6.45) is -0.649. The Morgan fingerprint density at radius 1 is 1.27 bits per heavy atom. The fourth-order valence-electron chi connectivity index (χ4n) is 1.91. The van der Waals surface area contributed by atoms with Crippen LogP contribution in [0.2, 0.25) is 0 Å². The Balaban J connectivity index is 2.82. The van der Waals surface area contributed by atoms with Gasteiger partial charge in [0.2, 0.25) is 0 Å². The molecule has 0 saturated heterocycles. The average Bonchev–Trinajstić information content (AvgIpc) is 2.43. The van der Waals surface area contributed by atoms with Crippen LogP contribution in [-0.2, 0) is 0 Å². The number of aliphatic hydroxyl groups is 1. The van der Waals surface area contributed by atoms with Gasteiger partial charge in [-0.2, -0.15) is 0 Å². The second-order valence-corrected chi connectivity index (χ2v) is 3.98. The van der Waals surface area contributed by atoms with E-state index in [1.165, 1.54) is 0 Å². The summed E-state index contributed by atoms with van der Waals surface area (Å²) < 4.78 is 0. The fraction of sp³-hybridized carbons (Fsp3) is 0.333. The average molecular weight is 205 g/mol. The van der Waals surface area contributed by atoms with E-state index in [-0.39, 0.29) is 5.75 Å². The lowest BCUT2D eigenvalue weighted by Crippen LogP contribution is -1.91. The minimum Gasteiger partial charge on any atom is -0.507 e. The zero-order valence-corrected chi connectivity index (χ0v) is 9.13. The van der Waals surface area contributed by atoms with Crippen LogP contribution in [0.15, 0.2) is 12.1 Å². The molecule has 0 aliphatic carbocycles. The molecule has 1 atom stereocenters. The molecule has 1 unspecified atom stereocenters. The minimum absolute atomic E-state index is 0.185. The molecular formula is C12H15NO2. The topological polar surface area (TPSA) is 56.2 Å². The molecule has 2 rings (SSSR count). The van der Waals surface area contributed by atoms with E-state index in [4.69, 9.17) is 0 Å². The Bertz CT molecular complexity index is 512. The third-order valence-electron chi connectivity index (χ3n) is 2.92. The lowest BCUT2D eigenvalue weighted by molar-refractivity contribution is 0.195. The van der Waals surface area contributed by atoms with Crippen LogP contribution in [0.5, 0.6) is 5.75 Å². The SMILES string of the molecule is Cc1[nH]c2ccc(C(C)O)c(O)c2c1C. The summed E-state index contributed by atoms with van der Waals surface area (Å²) in [5, 5.41) is 20.3. The second kappa shape index (κ2) is 3.28. The first-order valence-electron chi connectivity index (χ1n) is 5.01. The van der Waals surface area contributed by atoms with Gasteiger partial charge in [0.25, 0.3) is 0 Å². The summed E-state index contributed by atoms with van der Waals surface area (Å²) in [7, 11) is 0. The molecule has 2 aromatic rings. The number of aliphatic hydroxyl groups excluding tert-OH is 1. The highest BCUT2D eigenvalue weighted by atomic mass is 16.3. The number of H-pyrrole nitrogens is 1. The molecule has 1 aromatic heterocycles. The van der Waals surface area contributed by atoms with Gasteiger partial charge in [-0.25, -0.2) is 0 Å². The molecule has 0 spiro atoms. The fourth-order valence-corrected chi connectivity index (χ4v) is 1.91. The number of benzene rings is 1. The number of aromatic hydroxyl groups is 1. The Morgan fingerprint density at radius 3 is 2.53 bits per heavy atom. The van der Waals surface area contributed by atoms with Gasteiger partial charge in [0.05, 0.1) is 6.10 Å². The van der Waals surface area contributed by atoms with E-state index >= 15 is 0 Å². The van der Waals surface area contributed by atoms with Crippen LogP contribution in [0.3, 0.4) is 0 Å². The van der Waals surface area contributed by atoms with Gasteiger partial charge in [-0.15, -0.1) is 0 Å². The summed E-state index contributed by atoms with van der Waals surface area (Å²) in [5.74, 6) is 0.185. The Kier molecular flexibility index (Phi) is 2.20. The maximum Gasteiger partial charge on any atom is 0.131 e. The molecule has 0 aliphatic heterocycles. The van der Waals surface area contributed by atoms with Crippen molar-refractivity contribution in [1.29, 1.82) is 0 Å². The van der Waals surface area contributed by atoms with Crippen molar-refractivity contribution in [3.63, 3.8) is 0 Å². The van der Waals surface area contributed by atoms with Crippen molar-refractivity contribution in [2.45, 2.75) is 26.9 Å². The van der Waals surface area contributed by atoms with Gasteiger partial charge in [0, 0.05) is 22.2 Å². The first-order valence-corrected chi connectivity index (χ1v) is 5.01. The van der Waals surface area contributed by atoms with Gasteiger partial charge in [-0.05, 0) is 32.4 Å². The highest BCUT2D eigenvalue weighted by molar-refractivity contribution is 5.91. The number of aromatic nitrogens is 1. The smallest absolute Gasteiger partial charge is 0.131 e. The van der Waals surface area contributed by atoms with Gasteiger partial charge in [0.15, 0.2) is 0 Å². The molecular weight excluding hydrogens is 190 g/mol. The molecule has 15 heavy (non-hydrogen) atoms. The van der Waals surface area contributed by atoms with Gasteiger partial charge < -0.3 is 15.2 Å². The molecule has 0 aliphatic rings. The predicted octanol–water partition coefficient (Wildman–Crippen LogP) is 2.54. The van der Waals surface area contributed by atoms with E-state index < -0.39 is 6.10 Å². The summed E-state index contributed by atoms with van der Waals surface area (Å²) in [6.45, 7) is 5.58. The lowest BCUT2D eigenvalue weighted by Gasteiger charge is -2.08. The van der Waals surface area contributed by atoms with Crippen molar-refractivity contribution in [2.75, 3.05) is 0 Å². The van der Waals surface area contributed by atoms with Crippen molar-refractivity contribution in [3.8, 4) is 5.75 Å². The summed E-state index contributed by atoms with van der Waals surface area (Å²) in [4.78, 5) is 3.19. The van der Waals surface area contributed by atoms with Crippen molar-refractivity contribution in [3.05, 3.63) is 29.0 Å². The number of nitrogens with one attached hydrogen (secondary N) is 1. The number of hydrogen-bond acceptors (Lipinski definition) is 2. The Morgan fingerprint density at radius 2 is 1.93 bits per heavy atom. The largest absolute Gasteiger partial charge is 0.507 e. The maximum atomic E-state index is 10.0. The Hall–Kier alpha value is -1.48. The molecule has 0 amide bonds. The van der Waals surface area contributed by atoms with Crippen LogP contribution >= 0.6 is 0 Å². The molecule has 0 bridgehead atoms. The van der Waals surface area contributed by atoms with E-state index in [0.29, 0.717) is 5.56 Å². The number of rotatable bonds is 1. The molecule has 1 heterocycles. The van der Waals surface area contributed by atoms with Crippen LogP contribution in [0.4, 0.5) is 0 Å². The summed E-state index contributed by atoms with van der Waals surface area (Å²) >= 11 is 0. The summed E-state index contributed by atoms with van der Waals surface area (Å²) in [5.41, 5.74) is 3.56. The minimum atomic E-state index is -0.649. The number of phenols is 1. The van der Waals surface area contributed by atoms with Crippen LogP contribution in [0.1, 0.15) is 29.8 Å². The molecule has 3 nitrogen and oxygen atoms in total. The number of aryl methyl sites for hydroxylation is 2. The van der Waals surface area contributed by atoms with E-state index in [0.717, 1.165) is 22.2 Å². The number of aromatic amines is 1. The van der Waals surface area contributed by atoms with Crippen molar-refractivity contribution >= 4 is 10.9 Å². The molecule has 0 fully saturated rings. The zero-order valence-electron chi connectivity index (χ0n) is 9.13. The van der Waals surface area contributed by atoms with E-state index in [2.05, 4.69) is 4.98 Å². The van der Waals surface area contributed by atoms with Crippen LogP contribution in [0.25, 0.3) is 10.9 Å². The molecule has 3 heteroatoms. The summed E-state index contributed by atoms with van der Waals surface area (Å²) in [6, 6.07) is 3.63. The van der Waals surface area contributed by atoms with Gasteiger partial charge >= 0.3 is 0 Å². The normalized spacial score (nSPS) is 13.3. The van der Waals surface area contributed by atoms with Crippen molar-refractivity contribution in [1.82, 2.24) is 4.98 Å². The van der Waals surface area contributed by atoms with Crippen molar-refractivity contribution < 1.29 is 10.2 Å². The number of hydrogen-bond donors (Lipinski definition) is 3. The van der Waals surface area contributed by atoms with E-state index in [1.54, 1.807) is 13.0 Å². The van der Waals surface area contributed by atoms with Gasteiger partial charge in [-0.1, -0.05) is 6.07 Å². The first-order chi connectivity index (χ1) is 7.02. The van der Waals surface area contributed by atoms with Crippen LogP contribution in [-0.4, -0.2) is 15.2 Å². The predicted molar refractivity (Wildman–Crippen MR) is 60.1 cm³/mol. The third kappa shape index (κ3) is 1.39. The van der Waals surface area contributed by atoms with E-state index in [1.807, 2.05) is 19.9 Å². The number of fused-ring (bicyclic) bond motifs is 1. The molecule has 80 valence electrons. The highest BCUT2D eigenvalue weighted by Crippen LogP contribution is 2.35. The van der Waals surface area contributed by atoms with Crippen molar-refractivity contribution in [2.24, 2.45) is 0 Å². The number of phenolic OH excluding ortho intramolecular Hbond substituents is 1. The van der Waals surface area contributed by atoms with E-state index in [9.17, 15) is 10.2 Å². The van der Waals surface area contributed by atoms with Crippen LogP contribution < -0.4 is 0 Å². The standard InChI is InChI=1S/C12H15NO2/c1-6-7(2)13-10-5-4-9(8(3)14)12(15)11(6)10/h4-5,8,13-15H,1-3H3. The van der Waals surface area contributed by atoms with Gasteiger partial charge in [-0.3, -0.25) is 0 Å². The molecule has 3 N–H and O–H groups in total. The maximum absolute atomic E-state index is 10.0. The lowest BCUT2D eigenvalue weighted by atomic mass is 10.0. The molecule has 1 aromatic carbocycles. The van der Waals surface area contributed by atoms with Gasteiger partial charge in [0.1, 0.15) is 5.75 Å². The molecule has 0 saturated carbocycles. The third-order valence-corrected chi connectivity index (χ3v) is 2.92. The molecule has 0 radical (unpaired) electrons. The Labute approximate surface area is 88.4 Å². The second-order valence-electron chi connectivity index (χ2n) is 3.98. The zero-order chi connectivity index (χ0) is 11.2. The quantitative estimate of drug-likeness (QED) is 0.670. The first kappa shape index (κ1) is 10.1. The monoisotopic (exact) mass is 205 g/mol.